The van der Waals surface area contributed by atoms with Crippen LogP contribution in [0.1, 0.15) is 11.1 Å². The van der Waals surface area contributed by atoms with Gasteiger partial charge in [-0.05, 0) is 47.9 Å². The minimum atomic E-state index is 0.438. The summed E-state index contributed by atoms with van der Waals surface area (Å²) < 4.78 is 0. The van der Waals surface area contributed by atoms with Crippen LogP contribution in [0.4, 0.5) is 0 Å². The van der Waals surface area contributed by atoms with E-state index < -0.39 is 0 Å². The maximum absolute atomic E-state index is 6.64. The van der Waals surface area contributed by atoms with Crippen molar-refractivity contribution >= 4 is 46.0 Å². The molecule has 3 nitrogen and oxygen atoms in total. The molecule has 0 aliphatic heterocycles. The van der Waals surface area contributed by atoms with Gasteiger partial charge in [0.2, 0.25) is 0 Å². The second-order valence-electron chi connectivity index (χ2n) is 6.68. The van der Waals surface area contributed by atoms with Gasteiger partial charge in [-0.1, -0.05) is 71.4 Å². The quantitative estimate of drug-likeness (QED) is 0.210. The summed E-state index contributed by atoms with van der Waals surface area (Å²) in [5.74, 6) is 0. The van der Waals surface area contributed by atoms with Crippen LogP contribution in [0.25, 0.3) is 33.4 Å². The monoisotopic (exact) mass is 423 g/mol. The van der Waals surface area contributed by atoms with Crippen LogP contribution in [0.3, 0.4) is 0 Å². The molecule has 0 radical (unpaired) electrons. The Morgan fingerprint density at radius 1 is 0.893 bits per heavy atom. The summed E-state index contributed by atoms with van der Waals surface area (Å²) in [5.41, 5.74) is 7.40. The average Bonchev–Trinajstić information content (AvgIpc) is 2.72. The molecule has 2 aromatic heterocycles. The third kappa shape index (κ3) is 2.87. The highest BCUT2D eigenvalue weighted by molar-refractivity contribution is 7.98. The van der Waals surface area contributed by atoms with Crippen LogP contribution in [0.15, 0.2) is 53.7 Å². The van der Waals surface area contributed by atoms with Gasteiger partial charge < -0.3 is 0 Å². The van der Waals surface area contributed by atoms with E-state index in [-0.39, 0.29) is 0 Å². The number of nitrogens with zero attached hydrogens (tertiary/aromatic N) is 3. The molecule has 6 heteroatoms. The molecule has 4 aromatic rings. The number of aromatic nitrogens is 3. The summed E-state index contributed by atoms with van der Waals surface area (Å²) in [6, 6.07) is 16.3. The molecule has 0 amide bonds. The van der Waals surface area contributed by atoms with E-state index in [4.69, 9.17) is 28.2 Å². The molecule has 0 saturated carbocycles. The number of halogens is 2. The Labute approximate surface area is 177 Å². The van der Waals surface area contributed by atoms with Crippen molar-refractivity contribution in [3.63, 3.8) is 0 Å². The van der Waals surface area contributed by atoms with E-state index in [1.165, 1.54) is 28.5 Å². The van der Waals surface area contributed by atoms with Crippen LogP contribution in [-0.4, -0.2) is 21.2 Å². The molecule has 138 valence electrons. The lowest BCUT2D eigenvalue weighted by Crippen LogP contribution is -2.09. The van der Waals surface area contributed by atoms with Crippen LogP contribution in [0.2, 0.25) is 10.2 Å². The number of rotatable bonds is 2. The zero-order valence-electron chi connectivity index (χ0n) is 15.0. The van der Waals surface area contributed by atoms with E-state index in [9.17, 15) is 0 Å². The zero-order valence-corrected chi connectivity index (χ0v) is 17.4. The van der Waals surface area contributed by atoms with E-state index in [1.54, 1.807) is 0 Å². The van der Waals surface area contributed by atoms with Crippen molar-refractivity contribution in [3.05, 3.63) is 69.8 Å². The summed E-state index contributed by atoms with van der Waals surface area (Å²) in [6.45, 7) is 0. The van der Waals surface area contributed by atoms with Crippen LogP contribution in [0.5, 0.6) is 0 Å². The van der Waals surface area contributed by atoms with Crippen molar-refractivity contribution in [2.24, 2.45) is 0 Å². The van der Waals surface area contributed by atoms with E-state index in [0.717, 1.165) is 35.0 Å². The van der Waals surface area contributed by atoms with E-state index in [2.05, 4.69) is 34.2 Å². The second kappa shape index (κ2) is 7.03. The molecule has 0 fully saturated rings. The lowest BCUT2D eigenvalue weighted by atomic mass is 9.84. The smallest absolute Gasteiger partial charge is 0.190 e. The van der Waals surface area contributed by atoms with E-state index in [0.29, 0.717) is 21.0 Å². The Balaban J connectivity index is 1.92. The van der Waals surface area contributed by atoms with Gasteiger partial charge in [-0.25, -0.2) is 15.0 Å². The van der Waals surface area contributed by atoms with Gasteiger partial charge in [-0.15, -0.1) is 0 Å². The minimum absolute atomic E-state index is 0.438. The summed E-state index contributed by atoms with van der Waals surface area (Å²) in [5, 5.41) is 2.57. The highest BCUT2D eigenvalue weighted by atomic mass is 35.5. The third-order valence-electron chi connectivity index (χ3n) is 5.11. The van der Waals surface area contributed by atoms with Gasteiger partial charge in [0.15, 0.2) is 10.8 Å². The minimum Gasteiger partial charge on any atom is -0.227 e. The fourth-order valence-electron chi connectivity index (χ4n) is 3.86. The standard InChI is InChI=1S/C22H15Cl2N3S/c1-28-22-26-20(24)18-17(13-6-9-14(23)10-7-13)16-11-8-12-4-2-3-5-15(12)19(16)25-21(18)27-22/h2-7,9-10H,8,11H2,1H3. The maximum Gasteiger partial charge on any atom is 0.190 e. The molecule has 28 heavy (non-hydrogen) atoms. The molecule has 0 N–H and O–H groups in total. The predicted octanol–water partition coefficient (Wildman–Crippen LogP) is 6.49. The van der Waals surface area contributed by atoms with Gasteiger partial charge in [0.1, 0.15) is 5.15 Å². The molecule has 0 spiro atoms. The van der Waals surface area contributed by atoms with Gasteiger partial charge in [0.05, 0.1) is 11.1 Å². The van der Waals surface area contributed by atoms with Crippen molar-refractivity contribution in [1.29, 1.82) is 0 Å². The molecule has 2 aromatic carbocycles. The highest BCUT2D eigenvalue weighted by Crippen LogP contribution is 2.43. The molecular formula is C22H15Cl2N3S. The lowest BCUT2D eigenvalue weighted by molar-refractivity contribution is 0.926. The first-order valence-corrected chi connectivity index (χ1v) is 10.9. The van der Waals surface area contributed by atoms with Crippen molar-refractivity contribution in [3.8, 4) is 22.4 Å². The van der Waals surface area contributed by atoms with Crippen molar-refractivity contribution in [2.75, 3.05) is 6.26 Å². The Morgan fingerprint density at radius 3 is 2.46 bits per heavy atom. The number of hydrogen-bond donors (Lipinski definition) is 0. The van der Waals surface area contributed by atoms with Gasteiger partial charge >= 0.3 is 0 Å². The predicted molar refractivity (Wildman–Crippen MR) is 117 cm³/mol. The summed E-state index contributed by atoms with van der Waals surface area (Å²) in [6.07, 6.45) is 3.80. The largest absolute Gasteiger partial charge is 0.227 e. The first kappa shape index (κ1) is 17.9. The van der Waals surface area contributed by atoms with Crippen LogP contribution in [-0.2, 0) is 12.8 Å². The van der Waals surface area contributed by atoms with Gasteiger partial charge in [-0.3, -0.25) is 0 Å². The Bertz CT molecular complexity index is 1220. The Hall–Kier alpha value is -2.14. The number of thioether (sulfide) groups is 1. The Morgan fingerprint density at radius 2 is 1.68 bits per heavy atom. The second-order valence-corrected chi connectivity index (χ2v) is 8.25. The molecule has 0 unspecified atom stereocenters. The van der Waals surface area contributed by atoms with Gasteiger partial charge in [0, 0.05) is 16.1 Å². The summed E-state index contributed by atoms with van der Waals surface area (Å²) in [7, 11) is 0. The fraction of sp³-hybridized carbons (Fsp3) is 0.136. The van der Waals surface area contributed by atoms with E-state index in [1.807, 2.05) is 30.5 Å². The van der Waals surface area contributed by atoms with E-state index >= 15 is 0 Å². The van der Waals surface area contributed by atoms with Crippen molar-refractivity contribution in [2.45, 2.75) is 18.0 Å². The van der Waals surface area contributed by atoms with Gasteiger partial charge in [0.25, 0.3) is 0 Å². The summed E-state index contributed by atoms with van der Waals surface area (Å²) >= 11 is 14.2. The van der Waals surface area contributed by atoms with Crippen LogP contribution in [0, 0.1) is 0 Å². The number of fused-ring (bicyclic) bond motifs is 4. The molecule has 0 saturated heterocycles. The molecule has 0 atom stereocenters. The molecule has 5 rings (SSSR count). The van der Waals surface area contributed by atoms with Crippen molar-refractivity contribution in [1.82, 2.24) is 15.0 Å². The van der Waals surface area contributed by atoms with Gasteiger partial charge in [-0.2, -0.15) is 0 Å². The number of hydrogen-bond acceptors (Lipinski definition) is 4. The number of benzene rings is 2. The topological polar surface area (TPSA) is 38.7 Å². The fourth-order valence-corrected chi connectivity index (χ4v) is 4.66. The zero-order chi connectivity index (χ0) is 19.3. The molecule has 0 bridgehead atoms. The normalized spacial score (nSPS) is 12.7. The highest BCUT2D eigenvalue weighted by Gasteiger charge is 2.25. The first-order valence-electron chi connectivity index (χ1n) is 8.94. The first-order chi connectivity index (χ1) is 13.7. The summed E-state index contributed by atoms with van der Waals surface area (Å²) in [4.78, 5) is 14.1. The third-order valence-corrected chi connectivity index (χ3v) is 6.19. The molecule has 1 aliphatic carbocycles. The molecule has 2 heterocycles. The van der Waals surface area contributed by atoms with Crippen LogP contribution >= 0.6 is 35.0 Å². The maximum atomic E-state index is 6.64. The molecular weight excluding hydrogens is 409 g/mol. The number of aryl methyl sites for hydroxylation is 1. The van der Waals surface area contributed by atoms with Crippen LogP contribution < -0.4 is 0 Å². The molecule has 1 aliphatic rings. The Kier molecular flexibility index (Phi) is 4.50. The van der Waals surface area contributed by atoms with Crippen molar-refractivity contribution < 1.29 is 0 Å². The number of pyridine rings is 1. The lowest BCUT2D eigenvalue weighted by Gasteiger charge is -2.23. The average molecular weight is 424 g/mol. The SMILES string of the molecule is CSc1nc(Cl)c2c(-c3ccc(Cl)cc3)c3c(nc2n1)-c1ccccc1CC3.